The second-order valence-corrected chi connectivity index (χ2v) is 6.67. The molecule has 0 aliphatic carbocycles. The number of aromatic nitrogens is 4. The largest absolute Gasteiger partial charge is 0.491 e. The van der Waals surface area contributed by atoms with Crippen molar-refractivity contribution in [2.75, 3.05) is 5.73 Å². The number of fused-ring (bicyclic) bond motifs is 1. The zero-order chi connectivity index (χ0) is 16.8. The molecule has 1 aromatic carbocycles. The highest BCUT2D eigenvalue weighted by molar-refractivity contribution is 7.15. The molecule has 0 aliphatic rings. The average molecular weight is 360 g/mol. The van der Waals surface area contributed by atoms with Gasteiger partial charge in [0, 0.05) is 11.8 Å². The molecule has 4 aromatic rings. The predicted molar refractivity (Wildman–Crippen MR) is 92.0 cm³/mol. The number of aryl methyl sites for hydroxylation is 1. The first-order chi connectivity index (χ1) is 11.5. The molecular weight excluding hydrogens is 350 g/mol. The fourth-order valence-electron chi connectivity index (χ4n) is 2.34. The first-order valence-corrected chi connectivity index (χ1v) is 8.05. The van der Waals surface area contributed by atoms with Gasteiger partial charge in [0.1, 0.15) is 16.9 Å². The number of hydrogen-bond acceptors (Lipinski definition) is 8. The molecule has 0 saturated carbocycles. The third-order valence-corrected chi connectivity index (χ3v) is 4.63. The molecule has 0 unspecified atom stereocenters. The maximum Gasteiger partial charge on any atom is 0.255 e. The summed E-state index contributed by atoms with van der Waals surface area (Å²) in [5.74, 6) is -0.393. The minimum atomic E-state index is -0.344. The smallest absolute Gasteiger partial charge is 0.255 e. The van der Waals surface area contributed by atoms with Crippen molar-refractivity contribution in [1.82, 2.24) is 19.9 Å². The molecule has 0 saturated heterocycles. The minimum absolute atomic E-state index is 0.0494. The maximum atomic E-state index is 9.90. The van der Waals surface area contributed by atoms with Crippen LogP contribution in [0, 0.1) is 6.92 Å². The number of benzene rings is 1. The van der Waals surface area contributed by atoms with Crippen LogP contribution in [0.4, 0.5) is 5.82 Å². The summed E-state index contributed by atoms with van der Waals surface area (Å²) >= 11 is 7.71. The molecule has 0 atom stereocenters. The second-order valence-electron chi connectivity index (χ2n) is 5.03. The van der Waals surface area contributed by atoms with Crippen molar-refractivity contribution in [1.29, 1.82) is 0 Å². The van der Waals surface area contributed by atoms with Gasteiger partial charge in [-0.2, -0.15) is 0 Å². The number of thiazole rings is 1. The summed E-state index contributed by atoms with van der Waals surface area (Å²) in [5.41, 5.74) is 8.38. The van der Waals surface area contributed by atoms with E-state index in [2.05, 4.69) is 19.9 Å². The highest BCUT2D eigenvalue weighted by Crippen LogP contribution is 2.37. The molecule has 0 fully saturated rings. The van der Waals surface area contributed by atoms with Crippen LogP contribution in [0.25, 0.3) is 32.9 Å². The monoisotopic (exact) mass is 359 g/mol. The van der Waals surface area contributed by atoms with E-state index in [4.69, 9.17) is 21.8 Å². The van der Waals surface area contributed by atoms with Crippen LogP contribution in [0.15, 0.2) is 29.1 Å². The van der Waals surface area contributed by atoms with Crippen molar-refractivity contribution in [3.05, 3.63) is 34.8 Å². The van der Waals surface area contributed by atoms with Gasteiger partial charge in [-0.1, -0.05) is 11.6 Å². The number of nitrogens with zero attached hydrogens (tertiary/aromatic N) is 4. The van der Waals surface area contributed by atoms with Crippen LogP contribution in [-0.4, -0.2) is 25.0 Å². The molecule has 3 N–H and O–H groups in total. The molecule has 0 amide bonds. The third-order valence-electron chi connectivity index (χ3n) is 3.42. The summed E-state index contributed by atoms with van der Waals surface area (Å²) in [5, 5.41) is 11.2. The third kappa shape index (κ3) is 2.36. The zero-order valence-corrected chi connectivity index (χ0v) is 13.9. The van der Waals surface area contributed by atoms with Crippen LogP contribution >= 0.6 is 22.9 Å². The van der Waals surface area contributed by atoms with Gasteiger partial charge in [-0.25, -0.2) is 19.9 Å². The van der Waals surface area contributed by atoms with Crippen molar-refractivity contribution in [3.8, 4) is 27.7 Å². The Morgan fingerprint density at radius 3 is 2.79 bits per heavy atom. The van der Waals surface area contributed by atoms with Crippen molar-refractivity contribution in [2.24, 2.45) is 0 Å². The van der Waals surface area contributed by atoms with Crippen molar-refractivity contribution >= 4 is 39.9 Å². The number of oxazole rings is 1. The normalized spacial score (nSPS) is 11.2. The number of nitrogens with two attached hydrogens (primary N) is 1. The summed E-state index contributed by atoms with van der Waals surface area (Å²) in [7, 11) is 0. The lowest BCUT2D eigenvalue weighted by molar-refractivity contribution is 0.455. The van der Waals surface area contributed by atoms with Crippen LogP contribution in [-0.2, 0) is 0 Å². The SMILES string of the molecule is Cc1ncc(-c2nc(N)c(O)nc2-c2cc(Cl)c3ncoc3c2)s1. The molecule has 7 nitrogen and oxygen atoms in total. The van der Waals surface area contributed by atoms with Crippen molar-refractivity contribution in [3.63, 3.8) is 0 Å². The van der Waals surface area contributed by atoms with Crippen LogP contribution in [0.2, 0.25) is 5.02 Å². The van der Waals surface area contributed by atoms with Gasteiger partial charge in [0.25, 0.3) is 5.88 Å². The van der Waals surface area contributed by atoms with Crippen molar-refractivity contribution < 1.29 is 9.52 Å². The zero-order valence-electron chi connectivity index (χ0n) is 12.3. The standard InChI is InChI=1S/C15H10ClN5O2S/c1-6-18-4-10(24-6)13-11(21-15(22)14(17)20-13)7-2-8(16)12-9(3-7)23-5-19-12/h2-5H,1H3,(H2,17,20)(H,21,22). The van der Waals surface area contributed by atoms with E-state index in [9.17, 15) is 5.11 Å². The van der Waals surface area contributed by atoms with Crippen molar-refractivity contribution in [2.45, 2.75) is 6.92 Å². The van der Waals surface area contributed by atoms with Crippen LogP contribution in [0.1, 0.15) is 5.01 Å². The van der Waals surface area contributed by atoms with Crippen LogP contribution in [0.5, 0.6) is 5.88 Å². The fourth-order valence-corrected chi connectivity index (χ4v) is 3.37. The summed E-state index contributed by atoms with van der Waals surface area (Å²) in [6.07, 6.45) is 3.01. The van der Waals surface area contributed by atoms with Gasteiger partial charge in [0.2, 0.25) is 0 Å². The fraction of sp³-hybridized carbons (Fsp3) is 0.0667. The number of hydrogen-bond donors (Lipinski definition) is 2. The predicted octanol–water partition coefficient (Wildman–Crippen LogP) is 3.66. The highest BCUT2D eigenvalue weighted by Gasteiger charge is 2.19. The molecule has 3 aromatic heterocycles. The number of halogens is 1. The van der Waals surface area contributed by atoms with Gasteiger partial charge < -0.3 is 15.3 Å². The molecule has 9 heteroatoms. The lowest BCUT2D eigenvalue weighted by atomic mass is 10.1. The van der Waals surface area contributed by atoms with Crippen LogP contribution in [0.3, 0.4) is 0 Å². The topological polar surface area (TPSA) is 111 Å². The Labute approximate surface area is 144 Å². The summed E-state index contributed by atoms with van der Waals surface area (Å²) in [6, 6.07) is 3.44. The van der Waals surface area contributed by atoms with E-state index >= 15 is 0 Å². The van der Waals surface area contributed by atoms with E-state index in [1.807, 2.05) is 6.92 Å². The van der Waals surface area contributed by atoms with E-state index in [0.29, 0.717) is 33.1 Å². The lowest BCUT2D eigenvalue weighted by Gasteiger charge is -2.09. The van der Waals surface area contributed by atoms with E-state index in [1.165, 1.54) is 17.7 Å². The number of nitrogen functional groups attached to an aromatic ring is 1. The van der Waals surface area contributed by atoms with E-state index in [0.717, 1.165) is 9.88 Å². The Hall–Kier alpha value is -2.71. The molecule has 0 spiro atoms. The quantitative estimate of drug-likeness (QED) is 0.561. The highest BCUT2D eigenvalue weighted by atomic mass is 35.5. The lowest BCUT2D eigenvalue weighted by Crippen LogP contribution is -1.99. The molecule has 120 valence electrons. The Balaban J connectivity index is 2.00. The van der Waals surface area contributed by atoms with Gasteiger partial charge in [0.05, 0.1) is 14.9 Å². The van der Waals surface area contributed by atoms with E-state index in [1.54, 1.807) is 18.3 Å². The van der Waals surface area contributed by atoms with E-state index in [-0.39, 0.29) is 11.7 Å². The van der Waals surface area contributed by atoms with E-state index < -0.39 is 0 Å². The second kappa shape index (κ2) is 5.43. The average Bonchev–Trinajstić information content (AvgIpc) is 3.18. The first kappa shape index (κ1) is 14.9. The van der Waals surface area contributed by atoms with Gasteiger partial charge in [-0.15, -0.1) is 11.3 Å². The molecule has 0 bridgehead atoms. The Morgan fingerprint density at radius 2 is 2.04 bits per heavy atom. The summed E-state index contributed by atoms with van der Waals surface area (Å²) in [6.45, 7) is 1.89. The number of anilines is 1. The summed E-state index contributed by atoms with van der Waals surface area (Å²) in [4.78, 5) is 17.5. The molecule has 24 heavy (non-hydrogen) atoms. The first-order valence-electron chi connectivity index (χ1n) is 6.85. The molecule has 3 heterocycles. The summed E-state index contributed by atoms with van der Waals surface area (Å²) < 4.78 is 5.32. The van der Waals surface area contributed by atoms with Crippen LogP contribution < -0.4 is 5.73 Å². The molecule has 4 rings (SSSR count). The van der Waals surface area contributed by atoms with Gasteiger partial charge in [-0.05, 0) is 19.1 Å². The molecule has 0 radical (unpaired) electrons. The van der Waals surface area contributed by atoms with Gasteiger partial charge in [-0.3, -0.25) is 0 Å². The maximum absolute atomic E-state index is 9.90. The number of aromatic hydroxyl groups is 1. The Morgan fingerprint density at radius 1 is 1.21 bits per heavy atom. The molecule has 0 aliphatic heterocycles. The van der Waals surface area contributed by atoms with Gasteiger partial charge in [0.15, 0.2) is 17.8 Å². The minimum Gasteiger partial charge on any atom is -0.491 e. The number of rotatable bonds is 2. The molecular formula is C15H10ClN5O2S. The Kier molecular flexibility index (Phi) is 3.36. The Bertz CT molecular complexity index is 1080. The van der Waals surface area contributed by atoms with Gasteiger partial charge >= 0.3 is 0 Å².